The van der Waals surface area contributed by atoms with E-state index in [2.05, 4.69) is 28.7 Å². The van der Waals surface area contributed by atoms with E-state index in [1.54, 1.807) is 0 Å². The average Bonchev–Trinajstić information content (AvgIpc) is 3.09. The maximum Gasteiger partial charge on any atom is 0.261 e. The largest absolute Gasteiger partial charge is 0.490 e. The summed E-state index contributed by atoms with van der Waals surface area (Å²) in [5.41, 5.74) is 4.29. The lowest BCUT2D eigenvalue weighted by Gasteiger charge is -2.48. The van der Waals surface area contributed by atoms with E-state index in [9.17, 15) is 4.79 Å². The number of ether oxygens (including phenoxy) is 3. The lowest BCUT2D eigenvalue weighted by Crippen LogP contribution is -2.51. The number of anilines is 1. The zero-order valence-electron chi connectivity index (χ0n) is 23.2. The fourth-order valence-electron chi connectivity index (χ4n) is 7.71. The van der Waals surface area contributed by atoms with Crippen LogP contribution in [0.1, 0.15) is 60.5 Å². The Hall–Kier alpha value is -1.93. The molecule has 1 saturated heterocycles. The van der Waals surface area contributed by atoms with Crippen LogP contribution < -0.4 is 14.4 Å². The van der Waals surface area contributed by atoms with Crippen molar-refractivity contribution in [3.05, 3.63) is 58.1 Å². The van der Waals surface area contributed by atoms with E-state index < -0.39 is 0 Å². The van der Waals surface area contributed by atoms with Gasteiger partial charge in [0.05, 0.1) is 37.7 Å². The fourth-order valence-corrected chi connectivity index (χ4v) is 8.43. The predicted molar refractivity (Wildman–Crippen MR) is 160 cm³/mol. The van der Waals surface area contributed by atoms with E-state index in [1.165, 1.54) is 35.9 Å². The van der Waals surface area contributed by atoms with Gasteiger partial charge >= 0.3 is 0 Å². The van der Waals surface area contributed by atoms with Crippen molar-refractivity contribution in [1.29, 1.82) is 0 Å². The second-order valence-electron chi connectivity index (χ2n) is 12.6. The number of rotatable bonds is 0. The number of nitrogens with one attached hydrogen (secondary N) is 1. The molecule has 214 valence electrons. The van der Waals surface area contributed by atoms with Gasteiger partial charge in [-0.1, -0.05) is 24.6 Å². The molecule has 2 aliphatic carbocycles. The number of nitrogens with zero attached hydrogens (tertiary/aromatic N) is 1. The summed E-state index contributed by atoms with van der Waals surface area (Å²) in [6, 6.07) is 12.3. The number of hydrogen-bond donors (Lipinski definition) is 1. The molecule has 0 radical (unpaired) electrons. The van der Waals surface area contributed by atoms with Crippen LogP contribution in [0.4, 0.5) is 5.69 Å². The van der Waals surface area contributed by atoms with Crippen LogP contribution in [-0.2, 0) is 21.3 Å². The molecular weight excluding hydrogens is 544 g/mol. The van der Waals surface area contributed by atoms with Gasteiger partial charge in [0.2, 0.25) is 0 Å². The van der Waals surface area contributed by atoms with E-state index in [0.29, 0.717) is 36.5 Å². The maximum absolute atomic E-state index is 13.2. The van der Waals surface area contributed by atoms with Crippen LogP contribution in [0.3, 0.4) is 0 Å². The Morgan fingerprint density at radius 2 is 2.05 bits per heavy atom. The van der Waals surface area contributed by atoms with E-state index >= 15 is 0 Å². The molecule has 0 aromatic heterocycles. The number of benzene rings is 2. The highest BCUT2D eigenvalue weighted by molar-refractivity contribution is 7.97. The lowest BCUT2D eigenvalue weighted by molar-refractivity contribution is -0.139. The summed E-state index contributed by atoms with van der Waals surface area (Å²) < 4.78 is 22.4. The van der Waals surface area contributed by atoms with E-state index in [1.807, 2.05) is 24.3 Å². The van der Waals surface area contributed by atoms with Gasteiger partial charge < -0.3 is 19.1 Å². The number of fused-ring (bicyclic) bond motifs is 7. The molecule has 8 heteroatoms. The summed E-state index contributed by atoms with van der Waals surface area (Å²) in [5.74, 6) is 2.98. The van der Waals surface area contributed by atoms with Gasteiger partial charge in [0.25, 0.3) is 5.91 Å². The number of hydrogen-bond acceptors (Lipinski definition) is 6. The van der Waals surface area contributed by atoms with Gasteiger partial charge in [0, 0.05) is 47.2 Å². The van der Waals surface area contributed by atoms with Gasteiger partial charge in [0.1, 0.15) is 5.75 Å². The van der Waals surface area contributed by atoms with Crippen LogP contribution in [0.5, 0.6) is 5.75 Å². The molecule has 3 aliphatic heterocycles. The summed E-state index contributed by atoms with van der Waals surface area (Å²) in [6.45, 7) is 6.05. The second-order valence-corrected chi connectivity index (χ2v) is 13.9. The highest BCUT2D eigenvalue weighted by atomic mass is 35.5. The summed E-state index contributed by atoms with van der Waals surface area (Å²) in [5, 5.41) is 0.800. The van der Waals surface area contributed by atoms with E-state index in [-0.39, 0.29) is 23.5 Å². The quantitative estimate of drug-likeness (QED) is 0.382. The van der Waals surface area contributed by atoms with E-state index in [0.717, 1.165) is 67.6 Å². The Morgan fingerprint density at radius 3 is 2.92 bits per heavy atom. The number of amides is 1. The van der Waals surface area contributed by atoms with E-state index in [4.69, 9.17) is 25.8 Å². The predicted octanol–water partition coefficient (Wildman–Crippen LogP) is 6.04. The summed E-state index contributed by atoms with van der Waals surface area (Å²) in [4.78, 5) is 15.7. The first-order chi connectivity index (χ1) is 19.5. The van der Waals surface area contributed by atoms with Crippen molar-refractivity contribution in [3.63, 3.8) is 0 Å². The summed E-state index contributed by atoms with van der Waals surface area (Å²) in [6.07, 6.45) is 7.08. The molecule has 5 aliphatic rings. The third-order valence-electron chi connectivity index (χ3n) is 10.1. The van der Waals surface area contributed by atoms with Crippen LogP contribution in [0.2, 0.25) is 5.02 Å². The monoisotopic (exact) mass is 582 g/mol. The molecule has 2 aromatic carbocycles. The normalized spacial score (nSPS) is 34.0. The second kappa shape index (κ2) is 11.0. The Balaban J connectivity index is 1.26. The Bertz CT molecular complexity index is 1280. The molecule has 0 unspecified atom stereocenters. The molecule has 3 heterocycles. The Labute approximate surface area is 246 Å². The van der Waals surface area contributed by atoms with Gasteiger partial charge in [-0.3, -0.25) is 9.52 Å². The SMILES string of the molecule is C[C@@H]1CO[C@H]2C[C@H]1OCCSNC(=O)c1ccc3c(c1)N(C[C@@H]1CC[C@H]12)C[C@@]1(CCCc2cc(Cl)ccc21)CO3. The van der Waals surface area contributed by atoms with Crippen molar-refractivity contribution in [2.45, 2.75) is 63.1 Å². The molecule has 2 fully saturated rings. The molecule has 1 N–H and O–H groups in total. The van der Waals surface area contributed by atoms with Crippen molar-refractivity contribution in [3.8, 4) is 5.75 Å². The molecule has 6 atom stereocenters. The fraction of sp³-hybridized carbons (Fsp3) is 0.594. The zero-order valence-corrected chi connectivity index (χ0v) is 24.8. The average molecular weight is 583 g/mol. The number of carbonyl (C=O) groups is 1. The standard InChI is InChI=1S/C32H39ClN2O4S/c1-20-17-38-30-15-29(20)37-11-12-40-34-31(36)22-5-9-28-27(14-22)35(16-23-4-7-25(23)30)18-32(19-39-28)10-2-3-21-13-24(33)6-8-26(21)32/h5-6,8-9,13-14,20,23,25,29-30H,2-4,7,10-12,15-19H2,1H3,(H,34,36)/t20-,23+,25-,29-,30+,32+/m1/s1. The van der Waals surface area contributed by atoms with Crippen molar-refractivity contribution in [2.24, 2.45) is 17.8 Å². The van der Waals surface area contributed by atoms with Crippen LogP contribution in [0.15, 0.2) is 36.4 Å². The number of aryl methyl sites for hydroxylation is 1. The highest BCUT2D eigenvalue weighted by Crippen LogP contribution is 2.47. The third-order valence-corrected chi connectivity index (χ3v) is 11.0. The van der Waals surface area contributed by atoms with Crippen LogP contribution in [0.25, 0.3) is 0 Å². The van der Waals surface area contributed by atoms with Crippen LogP contribution >= 0.6 is 23.5 Å². The lowest BCUT2D eigenvalue weighted by atomic mass is 9.67. The van der Waals surface area contributed by atoms with Gasteiger partial charge in [0.15, 0.2) is 0 Å². The minimum atomic E-state index is -0.120. The highest BCUT2D eigenvalue weighted by Gasteiger charge is 2.46. The van der Waals surface area contributed by atoms with Crippen LogP contribution in [-0.4, -0.2) is 56.8 Å². The minimum absolute atomic E-state index is 0.0718. The molecule has 1 saturated carbocycles. The maximum atomic E-state index is 13.2. The van der Waals surface area contributed by atoms with Crippen LogP contribution in [0, 0.1) is 17.8 Å². The third kappa shape index (κ3) is 5.01. The Kier molecular flexibility index (Phi) is 7.44. The van der Waals surface area contributed by atoms with Crippen molar-refractivity contribution in [1.82, 2.24) is 4.72 Å². The topological polar surface area (TPSA) is 60.0 Å². The molecule has 2 aromatic rings. The summed E-state index contributed by atoms with van der Waals surface area (Å²) >= 11 is 7.85. The van der Waals surface area contributed by atoms with Gasteiger partial charge in [-0.2, -0.15) is 0 Å². The Morgan fingerprint density at radius 1 is 1.12 bits per heavy atom. The van der Waals surface area contributed by atoms with Gasteiger partial charge in [-0.05, 0) is 97.3 Å². The van der Waals surface area contributed by atoms with Gasteiger partial charge in [-0.25, -0.2) is 0 Å². The van der Waals surface area contributed by atoms with Crippen molar-refractivity contribution < 1.29 is 19.0 Å². The number of halogens is 1. The first-order valence-electron chi connectivity index (χ1n) is 15.0. The first kappa shape index (κ1) is 26.9. The molecule has 1 spiro atoms. The summed E-state index contributed by atoms with van der Waals surface area (Å²) in [7, 11) is 0. The first-order valence-corrected chi connectivity index (χ1v) is 16.3. The smallest absolute Gasteiger partial charge is 0.261 e. The molecule has 7 rings (SSSR count). The van der Waals surface area contributed by atoms with Crippen molar-refractivity contribution in [2.75, 3.05) is 43.6 Å². The van der Waals surface area contributed by atoms with Crippen molar-refractivity contribution >= 4 is 35.1 Å². The molecule has 40 heavy (non-hydrogen) atoms. The molecular formula is C32H39ClN2O4S. The molecule has 1 amide bonds. The zero-order chi connectivity index (χ0) is 27.3. The van der Waals surface area contributed by atoms with Gasteiger partial charge in [-0.15, -0.1) is 0 Å². The molecule has 6 nitrogen and oxygen atoms in total. The minimum Gasteiger partial charge on any atom is -0.490 e. The molecule has 4 bridgehead atoms. The number of carbonyl (C=O) groups excluding carboxylic acids is 1.